The first-order valence-electron chi connectivity index (χ1n) is 30.2. The number of fused-ring (bicyclic) bond motifs is 2. The molecule has 0 aromatic rings. The molecular formula is C54H94INO35. The van der Waals surface area contributed by atoms with E-state index in [2.05, 4.69) is 34.9 Å². The molecule has 23 rings (SSSR count). The number of rotatable bonds is 7. The van der Waals surface area contributed by atoms with Gasteiger partial charge >= 0.3 is 0 Å². The van der Waals surface area contributed by atoms with E-state index in [9.17, 15) is 107 Å². The number of hydrogen-bond acceptors (Lipinski definition) is 35. The van der Waals surface area contributed by atoms with Gasteiger partial charge in [-0.1, -0.05) is 20.8 Å². The van der Waals surface area contributed by atoms with Gasteiger partial charge in [-0.2, -0.15) is 0 Å². The molecule has 1 saturated carbocycles. The summed E-state index contributed by atoms with van der Waals surface area (Å²) in [5.41, 5.74) is 1.22. The van der Waals surface area contributed by atoms with Crippen LogP contribution in [-0.4, -0.2) is 400 Å². The number of aliphatic hydroxyl groups excluding tert-OH is 21. The van der Waals surface area contributed by atoms with E-state index >= 15 is 0 Å². The van der Waals surface area contributed by atoms with Crippen LogP contribution in [0.15, 0.2) is 0 Å². The first-order valence-corrected chi connectivity index (χ1v) is 30.2. The minimum atomic E-state index is -2.21. The van der Waals surface area contributed by atoms with Gasteiger partial charge in [0.25, 0.3) is 0 Å². The number of aliphatic hydroxyl groups is 21. The third-order valence-electron chi connectivity index (χ3n) is 19.0. The molecule has 0 amide bonds. The maximum Gasteiger partial charge on any atom is 0.187 e. The fourth-order valence-corrected chi connectivity index (χ4v) is 14.7. The molecule has 0 aromatic carbocycles. The fourth-order valence-electron chi connectivity index (χ4n) is 14.7. The molecule has 22 aliphatic heterocycles. The van der Waals surface area contributed by atoms with Crippen LogP contribution in [0.4, 0.5) is 0 Å². The summed E-state index contributed by atoms with van der Waals surface area (Å²) in [4.78, 5) is 0. The van der Waals surface area contributed by atoms with Crippen molar-refractivity contribution in [2.45, 2.75) is 261 Å². The second kappa shape index (κ2) is 30.8. The van der Waals surface area contributed by atoms with E-state index in [-0.39, 0.29) is 24.0 Å². The van der Waals surface area contributed by atoms with Gasteiger partial charge in [0, 0.05) is 18.3 Å². The third kappa shape index (κ3) is 15.5. The zero-order valence-corrected chi connectivity index (χ0v) is 52.7. The lowest BCUT2D eigenvalue weighted by atomic mass is 9.65. The highest BCUT2D eigenvalue weighted by molar-refractivity contribution is 5.02. The van der Waals surface area contributed by atoms with Crippen molar-refractivity contribution in [1.82, 2.24) is 0 Å². The molecule has 91 heavy (non-hydrogen) atoms. The summed E-state index contributed by atoms with van der Waals surface area (Å²) in [5.74, 6) is 0. The molecule has 37 atom stereocenters. The van der Waals surface area contributed by atoms with Crippen LogP contribution in [0.25, 0.3) is 0 Å². The van der Waals surface area contributed by atoms with E-state index in [1.54, 1.807) is 0 Å². The first kappa shape index (κ1) is 76.1. The van der Waals surface area contributed by atoms with E-state index in [4.69, 9.17) is 66.3 Å². The van der Waals surface area contributed by atoms with Crippen LogP contribution in [0.2, 0.25) is 0 Å². The van der Waals surface area contributed by atoms with Gasteiger partial charge in [-0.25, -0.2) is 0 Å². The fraction of sp³-hybridized carbons (Fsp3) is 1.00. The van der Waals surface area contributed by atoms with Gasteiger partial charge in [0.15, 0.2) is 44.0 Å². The number of ether oxygens (including phenoxy) is 14. The quantitative estimate of drug-likeness (QED) is 0.0831. The molecule has 0 radical (unpaired) electrons. The Balaban J connectivity index is 0.000000673. The number of quaternary nitrogens is 1. The van der Waals surface area contributed by atoms with Crippen molar-refractivity contribution in [2.24, 2.45) is 10.8 Å². The predicted molar refractivity (Wildman–Crippen MR) is 285 cm³/mol. The smallest absolute Gasteiger partial charge is 0.187 e. The Morgan fingerprint density at radius 3 is 0.615 bits per heavy atom. The van der Waals surface area contributed by atoms with Crippen LogP contribution in [0, 0.1) is 10.8 Å². The molecule has 23 aliphatic rings. The van der Waals surface area contributed by atoms with Gasteiger partial charge in [-0.15, -0.1) is 0 Å². The highest BCUT2D eigenvalue weighted by atomic mass is 127. The zero-order chi connectivity index (χ0) is 66.0. The summed E-state index contributed by atoms with van der Waals surface area (Å²) in [6, 6.07) is 0.925. The molecule has 22 saturated heterocycles. The van der Waals surface area contributed by atoms with Gasteiger partial charge in [-0.3, -0.25) is 0 Å². The van der Waals surface area contributed by atoms with Crippen molar-refractivity contribution in [3.8, 4) is 0 Å². The number of nitrogens with zero attached hydrogens (tertiary/aromatic N) is 1. The van der Waals surface area contributed by atoms with E-state index in [1.165, 1.54) is 30.3 Å². The standard InChI is InChI=1S/C42H70O35.C12H24N.HI/c43-1-8-29-15(50)22(57)36(64-8)72-30-9(2-44)66-38(24(59)17(30)52)74-32-11(4-46)68-40(26(61)19(32)54)76-34-13(6-48)70-42(28(63)21(34)56)77-35-14(7-49)69-41(27(62)20(35)55)75-33-12(5-47)67-39(25(60)18(33)53)73-31-10(3-45)65-37(71-29)23(58)16(31)51;1-11(2)6-10-7-12(3,8-11)9-13(10,4)5;/h8-63H,1-7H2;10H,6-9H2,1-5H3;1H/q;+1;/p-1/t8-,9-,10-,11-,12-,13-,14-,15-,16-,17-,18-,19-,20-,21-,22-,23-,24-,25-,26-,27-,28+,29-,30-,31-,32-,33-,34-,35-,36-,37-,38-,39-,40-,41-,42-;;/m0../s1. The van der Waals surface area contributed by atoms with E-state index in [1.807, 2.05) is 0 Å². The van der Waals surface area contributed by atoms with Crippen molar-refractivity contribution in [3.05, 3.63) is 0 Å². The zero-order valence-electron chi connectivity index (χ0n) is 50.5. The Kier molecular flexibility index (Phi) is 25.8. The van der Waals surface area contributed by atoms with Crippen LogP contribution in [-0.2, 0) is 66.3 Å². The second-order valence-corrected chi connectivity index (χ2v) is 26.8. The van der Waals surface area contributed by atoms with Crippen molar-refractivity contribution in [3.63, 3.8) is 0 Å². The third-order valence-corrected chi connectivity index (χ3v) is 19.0. The second-order valence-electron chi connectivity index (χ2n) is 26.8. The monoisotopic (exact) mass is 1440 g/mol. The maximum absolute atomic E-state index is 11.3. The van der Waals surface area contributed by atoms with E-state index in [0.29, 0.717) is 10.8 Å². The predicted octanol–water partition coefficient (Wildman–Crippen LogP) is -15.6. The van der Waals surface area contributed by atoms with Crippen LogP contribution in [0.3, 0.4) is 0 Å². The Hall–Kier alpha value is -0.710. The lowest BCUT2D eigenvalue weighted by molar-refractivity contribution is -0.904. The van der Waals surface area contributed by atoms with Crippen molar-refractivity contribution >= 4 is 0 Å². The Labute approximate surface area is 538 Å². The van der Waals surface area contributed by atoms with Crippen molar-refractivity contribution < 1.29 is 202 Å². The molecule has 2 unspecified atom stereocenters. The molecule has 0 aromatic heterocycles. The number of likely N-dealkylation sites (tertiary alicyclic amines) is 1. The van der Waals surface area contributed by atoms with E-state index < -0.39 is 261 Å². The molecular weight excluding hydrogens is 1350 g/mol. The van der Waals surface area contributed by atoms with E-state index in [0.717, 1.165) is 6.04 Å². The Morgan fingerprint density at radius 2 is 0.462 bits per heavy atom. The molecule has 16 bridgehead atoms. The summed E-state index contributed by atoms with van der Waals surface area (Å²) in [6.07, 6.45) is -65.9. The van der Waals surface area contributed by atoms with Crippen LogP contribution < -0.4 is 24.0 Å². The van der Waals surface area contributed by atoms with Crippen LogP contribution in [0.1, 0.15) is 40.0 Å². The molecule has 532 valence electrons. The highest BCUT2D eigenvalue weighted by Crippen LogP contribution is 2.54. The average molecular weight is 1440 g/mol. The van der Waals surface area contributed by atoms with Crippen molar-refractivity contribution in [2.75, 3.05) is 66.9 Å². The van der Waals surface area contributed by atoms with Crippen LogP contribution >= 0.6 is 0 Å². The van der Waals surface area contributed by atoms with Crippen LogP contribution in [0.5, 0.6) is 0 Å². The molecule has 21 N–H and O–H groups in total. The lowest BCUT2D eigenvalue weighted by Gasteiger charge is -2.50. The largest absolute Gasteiger partial charge is 1.00 e. The highest BCUT2D eigenvalue weighted by Gasteiger charge is 2.61. The van der Waals surface area contributed by atoms with Crippen molar-refractivity contribution in [1.29, 1.82) is 0 Å². The van der Waals surface area contributed by atoms with Gasteiger partial charge in [-0.05, 0) is 11.8 Å². The molecule has 36 nitrogen and oxygen atoms in total. The molecule has 0 spiro atoms. The molecule has 1 aliphatic carbocycles. The molecule has 23 fully saturated rings. The number of hydrogen-bond donors (Lipinski definition) is 21. The van der Waals surface area contributed by atoms with Gasteiger partial charge in [0.1, 0.15) is 171 Å². The van der Waals surface area contributed by atoms with Gasteiger partial charge in [0.2, 0.25) is 0 Å². The minimum absolute atomic E-state index is 0. The lowest BCUT2D eigenvalue weighted by Crippen LogP contribution is -3.00. The molecule has 37 heteroatoms. The summed E-state index contributed by atoms with van der Waals surface area (Å²) >= 11 is 0. The summed E-state index contributed by atoms with van der Waals surface area (Å²) in [6.45, 7) is 1.45. The topological polar surface area (TPSA) is 554 Å². The van der Waals surface area contributed by atoms with Gasteiger partial charge in [0.05, 0.1) is 72.9 Å². The summed E-state index contributed by atoms with van der Waals surface area (Å²) < 4.78 is 80.7. The maximum atomic E-state index is 11.3. The SMILES string of the molecule is CC1(C)CC2CC(C)(C1)C[N+]2(C)C.OC[C@@H]1O[C@H]2O[C@@H]3[C@@H](O)[C@H](O)[C@H](O[C@@H]4[C@@H](O)[C@H](O)[C@H](O[C@@H]5[C@@H](O)[C@@H](O)[C@H](O[C@@H]6[C@@H](O)[C@H](O)[C@H](O[C@@H]7[C@@H](O)[C@H](O)[C@H](O[C@@H]8[C@@H](O)[C@H](O)[C@H](O[C@@H]1[C@@H](O)[C@@H]2O)O[C@H]8CO)O[C@H]7CO)O[C@H]6CO)O[C@H]5CO)O[C@H]4CO)O[C@H]3CO.[I-]. The number of halogens is 1. The average Bonchev–Trinajstić information content (AvgIpc) is 1.81. The molecule has 22 heterocycles. The van der Waals surface area contributed by atoms with Gasteiger partial charge < -0.3 is 202 Å². The minimum Gasteiger partial charge on any atom is -1.00 e. The summed E-state index contributed by atoms with van der Waals surface area (Å²) in [5, 5.41) is 230. The Bertz CT molecular complexity index is 1910. The Morgan fingerprint density at radius 1 is 0.286 bits per heavy atom. The normalized spacial score (nSPS) is 53.5. The first-order chi connectivity index (χ1) is 42.4. The summed E-state index contributed by atoms with van der Waals surface area (Å²) in [7, 11) is 4.83.